The number of hydrogen-bond donors (Lipinski definition) is 1. The maximum absolute atomic E-state index is 12.7. The van der Waals surface area contributed by atoms with Crippen molar-refractivity contribution in [1.82, 2.24) is 4.98 Å². The van der Waals surface area contributed by atoms with E-state index in [1.54, 1.807) is 17.4 Å². The van der Waals surface area contributed by atoms with Gasteiger partial charge in [0, 0.05) is 14.5 Å². The number of hydrogen-bond acceptors (Lipinski definition) is 3. The maximum atomic E-state index is 12.7. The molecule has 0 aliphatic carbocycles. The predicted octanol–water partition coefficient (Wildman–Crippen LogP) is 6.74. The van der Waals surface area contributed by atoms with Crippen LogP contribution in [0.25, 0.3) is 20.8 Å². The fourth-order valence-corrected chi connectivity index (χ4v) is 4.45. The van der Waals surface area contributed by atoms with Crippen molar-refractivity contribution >= 4 is 65.0 Å². The van der Waals surface area contributed by atoms with E-state index in [4.69, 9.17) is 4.98 Å². The van der Waals surface area contributed by atoms with Gasteiger partial charge < -0.3 is 5.32 Å². The molecule has 0 aliphatic rings. The Bertz CT molecular complexity index is 1090. The number of aromatic nitrogens is 1. The first kappa shape index (κ1) is 17.4. The zero-order valence-electron chi connectivity index (χ0n) is 13.4. The molecule has 3 aromatic carbocycles. The number of carbonyl (C=O) groups excluding carboxylic acids is 1. The highest BCUT2D eigenvalue weighted by molar-refractivity contribution is 9.10. The fraction of sp³-hybridized carbons (Fsp3) is 0. The van der Waals surface area contributed by atoms with Gasteiger partial charge >= 0.3 is 0 Å². The van der Waals surface area contributed by atoms with E-state index in [0.717, 1.165) is 35.4 Å². The third-order valence-corrected chi connectivity index (χ3v) is 6.13. The van der Waals surface area contributed by atoms with Crippen LogP contribution in [0.3, 0.4) is 0 Å². The molecule has 128 valence electrons. The number of rotatable bonds is 3. The van der Waals surface area contributed by atoms with Gasteiger partial charge in [0.15, 0.2) is 0 Å². The van der Waals surface area contributed by atoms with Crippen LogP contribution in [0.15, 0.2) is 75.7 Å². The molecule has 0 bridgehead atoms. The van der Waals surface area contributed by atoms with Gasteiger partial charge in [0.2, 0.25) is 0 Å². The molecule has 1 aromatic heterocycles. The summed E-state index contributed by atoms with van der Waals surface area (Å²) in [5.74, 6) is -0.165. The maximum Gasteiger partial charge on any atom is 0.256 e. The predicted molar refractivity (Wildman–Crippen MR) is 115 cm³/mol. The number of amides is 1. The number of para-hydroxylation sites is 1. The van der Waals surface area contributed by atoms with Crippen molar-refractivity contribution in [3.8, 4) is 10.6 Å². The van der Waals surface area contributed by atoms with Gasteiger partial charge in [-0.2, -0.15) is 0 Å². The number of nitrogens with one attached hydrogen (secondary N) is 1. The molecule has 4 rings (SSSR count). The Morgan fingerprint density at radius 3 is 2.54 bits per heavy atom. The van der Waals surface area contributed by atoms with E-state index in [0.29, 0.717) is 5.56 Å². The standard InChI is InChI=1S/C20H12Br2N2OS/c21-12-9-10-16(23-19(25)13-5-1-2-6-15(13)22)14(11-12)20-24-17-7-3-4-8-18(17)26-20/h1-11H,(H,23,25). The van der Waals surface area contributed by atoms with Crippen LogP contribution in [0.1, 0.15) is 10.4 Å². The average molecular weight is 488 g/mol. The molecule has 6 heteroatoms. The minimum atomic E-state index is -0.165. The van der Waals surface area contributed by atoms with Crippen LogP contribution in [-0.4, -0.2) is 10.9 Å². The second kappa shape index (κ2) is 7.31. The first-order valence-electron chi connectivity index (χ1n) is 7.83. The molecule has 1 N–H and O–H groups in total. The number of nitrogens with zero attached hydrogens (tertiary/aromatic N) is 1. The van der Waals surface area contributed by atoms with E-state index < -0.39 is 0 Å². The van der Waals surface area contributed by atoms with Gasteiger partial charge in [0.25, 0.3) is 5.91 Å². The molecule has 0 unspecified atom stereocenters. The first-order chi connectivity index (χ1) is 12.6. The molecule has 0 atom stereocenters. The van der Waals surface area contributed by atoms with E-state index in [2.05, 4.69) is 37.2 Å². The summed E-state index contributed by atoms with van der Waals surface area (Å²) >= 11 is 8.55. The van der Waals surface area contributed by atoms with Crippen molar-refractivity contribution in [3.63, 3.8) is 0 Å². The third-order valence-electron chi connectivity index (χ3n) is 3.87. The molecule has 0 fully saturated rings. The minimum Gasteiger partial charge on any atom is -0.321 e. The molecule has 4 aromatic rings. The normalized spacial score (nSPS) is 10.8. The average Bonchev–Trinajstić information content (AvgIpc) is 3.07. The highest BCUT2D eigenvalue weighted by Gasteiger charge is 2.15. The molecular weight excluding hydrogens is 476 g/mol. The lowest BCUT2D eigenvalue weighted by Gasteiger charge is -2.11. The van der Waals surface area contributed by atoms with Crippen molar-refractivity contribution < 1.29 is 4.79 Å². The summed E-state index contributed by atoms with van der Waals surface area (Å²) in [4.78, 5) is 17.4. The second-order valence-electron chi connectivity index (χ2n) is 5.61. The summed E-state index contributed by atoms with van der Waals surface area (Å²) in [6.07, 6.45) is 0. The topological polar surface area (TPSA) is 42.0 Å². The summed E-state index contributed by atoms with van der Waals surface area (Å²) in [5.41, 5.74) is 3.16. The Morgan fingerprint density at radius 2 is 1.73 bits per heavy atom. The van der Waals surface area contributed by atoms with Gasteiger partial charge in [0.1, 0.15) is 5.01 Å². The van der Waals surface area contributed by atoms with E-state index in [1.807, 2.05) is 60.7 Å². The molecule has 26 heavy (non-hydrogen) atoms. The van der Waals surface area contributed by atoms with E-state index >= 15 is 0 Å². The Morgan fingerprint density at radius 1 is 0.962 bits per heavy atom. The van der Waals surface area contributed by atoms with Crippen LogP contribution in [0.4, 0.5) is 5.69 Å². The molecule has 0 radical (unpaired) electrons. The third kappa shape index (κ3) is 3.45. The molecule has 1 amide bonds. The van der Waals surface area contributed by atoms with Crippen LogP contribution >= 0.6 is 43.2 Å². The van der Waals surface area contributed by atoms with E-state index in [1.165, 1.54) is 0 Å². The van der Waals surface area contributed by atoms with Crippen LogP contribution in [0.2, 0.25) is 0 Å². The van der Waals surface area contributed by atoms with Crippen molar-refractivity contribution in [1.29, 1.82) is 0 Å². The summed E-state index contributed by atoms with van der Waals surface area (Å²) in [6.45, 7) is 0. The van der Waals surface area contributed by atoms with Gasteiger partial charge in [-0.1, -0.05) is 40.2 Å². The highest BCUT2D eigenvalue weighted by Crippen LogP contribution is 2.36. The number of halogens is 2. The lowest BCUT2D eigenvalue weighted by atomic mass is 10.1. The van der Waals surface area contributed by atoms with Crippen LogP contribution < -0.4 is 5.32 Å². The first-order valence-corrected chi connectivity index (χ1v) is 10.2. The van der Waals surface area contributed by atoms with E-state index in [9.17, 15) is 4.79 Å². The SMILES string of the molecule is O=C(Nc1ccc(Br)cc1-c1nc2ccccc2s1)c1ccccc1Br. The van der Waals surface area contributed by atoms with Crippen molar-refractivity contribution in [2.24, 2.45) is 0 Å². The largest absolute Gasteiger partial charge is 0.321 e. The Balaban J connectivity index is 1.75. The van der Waals surface area contributed by atoms with Gasteiger partial charge in [-0.3, -0.25) is 4.79 Å². The van der Waals surface area contributed by atoms with Gasteiger partial charge in [-0.15, -0.1) is 11.3 Å². The molecule has 0 saturated heterocycles. The zero-order chi connectivity index (χ0) is 18.1. The van der Waals surface area contributed by atoms with Crippen LogP contribution in [0.5, 0.6) is 0 Å². The Labute approximate surface area is 171 Å². The summed E-state index contributed by atoms with van der Waals surface area (Å²) < 4.78 is 2.81. The second-order valence-corrected chi connectivity index (χ2v) is 8.41. The Hall–Kier alpha value is -2.02. The Kier molecular flexibility index (Phi) is 4.89. The number of benzene rings is 3. The quantitative estimate of drug-likeness (QED) is 0.347. The van der Waals surface area contributed by atoms with Crippen LogP contribution in [-0.2, 0) is 0 Å². The highest BCUT2D eigenvalue weighted by atomic mass is 79.9. The lowest BCUT2D eigenvalue weighted by Crippen LogP contribution is -2.13. The molecule has 3 nitrogen and oxygen atoms in total. The number of fused-ring (bicyclic) bond motifs is 1. The number of thiazole rings is 1. The van der Waals surface area contributed by atoms with Crippen LogP contribution in [0, 0.1) is 0 Å². The van der Waals surface area contributed by atoms with Crippen molar-refractivity contribution in [2.75, 3.05) is 5.32 Å². The number of carbonyl (C=O) groups is 1. The minimum absolute atomic E-state index is 0.165. The van der Waals surface area contributed by atoms with Crippen molar-refractivity contribution in [2.45, 2.75) is 0 Å². The summed E-state index contributed by atoms with van der Waals surface area (Å²) in [6, 6.07) is 21.2. The van der Waals surface area contributed by atoms with Crippen molar-refractivity contribution in [3.05, 3.63) is 81.2 Å². The van der Waals surface area contributed by atoms with Gasteiger partial charge in [-0.25, -0.2) is 4.98 Å². The summed E-state index contributed by atoms with van der Waals surface area (Å²) in [5, 5.41) is 3.88. The summed E-state index contributed by atoms with van der Waals surface area (Å²) in [7, 11) is 0. The molecular formula is C20H12Br2N2OS. The molecule has 1 heterocycles. The van der Waals surface area contributed by atoms with Gasteiger partial charge in [0.05, 0.1) is 21.5 Å². The smallest absolute Gasteiger partial charge is 0.256 e. The zero-order valence-corrected chi connectivity index (χ0v) is 17.4. The lowest BCUT2D eigenvalue weighted by molar-refractivity contribution is 0.102. The monoisotopic (exact) mass is 486 g/mol. The van der Waals surface area contributed by atoms with Gasteiger partial charge in [-0.05, 0) is 58.4 Å². The molecule has 0 saturated carbocycles. The molecule has 0 spiro atoms. The fourth-order valence-electron chi connectivity index (χ4n) is 2.62. The number of anilines is 1. The molecule has 0 aliphatic heterocycles. The van der Waals surface area contributed by atoms with E-state index in [-0.39, 0.29) is 5.91 Å².